The Balaban J connectivity index is 1.82. The number of rotatable bonds is 4. The third-order valence-corrected chi connectivity index (χ3v) is 3.81. The molecule has 1 heterocycles. The zero-order valence-corrected chi connectivity index (χ0v) is 11.4. The van der Waals surface area contributed by atoms with Gasteiger partial charge in [0.05, 0.1) is 0 Å². The van der Waals surface area contributed by atoms with E-state index < -0.39 is 0 Å². The van der Waals surface area contributed by atoms with Crippen LogP contribution < -0.4 is 5.32 Å². The van der Waals surface area contributed by atoms with E-state index in [9.17, 15) is 5.11 Å². The first-order chi connectivity index (χ1) is 8.65. The van der Waals surface area contributed by atoms with Crippen LogP contribution in [0.25, 0.3) is 0 Å². The van der Waals surface area contributed by atoms with Gasteiger partial charge in [-0.3, -0.25) is 0 Å². The lowest BCUT2D eigenvalue weighted by Crippen LogP contribution is -2.37. The number of nitrogens with zero attached hydrogens (tertiary/aromatic N) is 1. The molecule has 1 aromatic rings. The van der Waals surface area contributed by atoms with E-state index in [1.54, 1.807) is 6.07 Å². The van der Waals surface area contributed by atoms with Gasteiger partial charge >= 0.3 is 0 Å². The fraction of sp³-hybridized carbons (Fsp3) is 0.600. The Bertz CT molecular complexity index is 381. The maximum absolute atomic E-state index is 9.48. The summed E-state index contributed by atoms with van der Waals surface area (Å²) in [4.78, 5) is 2.41. The number of hydrogen-bond donors (Lipinski definition) is 2. The van der Waals surface area contributed by atoms with Crippen molar-refractivity contribution in [3.05, 3.63) is 29.8 Å². The highest BCUT2D eigenvalue weighted by Gasteiger charge is 2.17. The molecule has 0 aliphatic carbocycles. The third-order valence-electron chi connectivity index (χ3n) is 3.81. The molecule has 1 fully saturated rings. The Kier molecular flexibility index (Phi) is 4.61. The van der Waals surface area contributed by atoms with Crippen LogP contribution in [-0.4, -0.2) is 36.7 Å². The van der Waals surface area contributed by atoms with Gasteiger partial charge in [0.15, 0.2) is 0 Å². The first-order valence-corrected chi connectivity index (χ1v) is 6.86. The average Bonchev–Trinajstić information content (AvgIpc) is 2.36. The molecular weight excluding hydrogens is 224 g/mol. The molecule has 0 aromatic heterocycles. The Morgan fingerprint density at radius 2 is 2.33 bits per heavy atom. The molecule has 0 spiro atoms. The summed E-state index contributed by atoms with van der Waals surface area (Å²) in [6, 6.07) is 7.81. The van der Waals surface area contributed by atoms with E-state index in [1.165, 1.54) is 25.9 Å². The van der Waals surface area contributed by atoms with Crippen molar-refractivity contribution >= 4 is 0 Å². The number of phenolic OH excluding ortho intramolecular Hbond substituents is 1. The highest BCUT2D eigenvalue weighted by Crippen LogP contribution is 2.19. The third kappa shape index (κ3) is 3.72. The first-order valence-electron chi connectivity index (χ1n) is 6.86. The van der Waals surface area contributed by atoms with E-state index in [-0.39, 0.29) is 0 Å². The van der Waals surface area contributed by atoms with Crippen molar-refractivity contribution < 1.29 is 5.11 Å². The number of likely N-dealkylation sites (tertiary alicyclic amines) is 1. The fourth-order valence-corrected chi connectivity index (χ4v) is 2.70. The number of benzene rings is 1. The molecule has 0 bridgehead atoms. The summed E-state index contributed by atoms with van der Waals surface area (Å²) in [5.74, 6) is 1.10. The summed E-state index contributed by atoms with van der Waals surface area (Å²) in [6.45, 7) is 5.64. The molecule has 0 amide bonds. The number of nitrogens with one attached hydrogen (secondary N) is 1. The maximum Gasteiger partial charge on any atom is 0.115 e. The normalized spacial score (nSPS) is 22.9. The van der Waals surface area contributed by atoms with Crippen molar-refractivity contribution in [1.29, 1.82) is 0 Å². The molecule has 2 N–H and O–H groups in total. The molecule has 0 radical (unpaired) electrons. The van der Waals surface area contributed by atoms with Gasteiger partial charge in [-0.1, -0.05) is 12.1 Å². The van der Waals surface area contributed by atoms with Crippen LogP contribution in [0.15, 0.2) is 24.3 Å². The number of piperidine rings is 1. The van der Waals surface area contributed by atoms with Gasteiger partial charge in [-0.15, -0.1) is 0 Å². The van der Waals surface area contributed by atoms with E-state index in [0.717, 1.165) is 18.0 Å². The van der Waals surface area contributed by atoms with Crippen LogP contribution >= 0.6 is 0 Å². The van der Waals surface area contributed by atoms with Crippen molar-refractivity contribution in [2.24, 2.45) is 5.92 Å². The van der Waals surface area contributed by atoms with Crippen LogP contribution in [0.3, 0.4) is 0 Å². The van der Waals surface area contributed by atoms with Gasteiger partial charge in [0.2, 0.25) is 0 Å². The number of aromatic hydroxyl groups is 1. The molecule has 18 heavy (non-hydrogen) atoms. The molecule has 1 saturated heterocycles. The van der Waals surface area contributed by atoms with E-state index >= 15 is 0 Å². The second kappa shape index (κ2) is 6.21. The SMILES string of the molecule is CC(NCC1CCCN(C)C1)c1cccc(O)c1. The van der Waals surface area contributed by atoms with Gasteiger partial charge < -0.3 is 15.3 Å². The maximum atomic E-state index is 9.48. The molecule has 2 unspecified atom stereocenters. The molecular formula is C15H24N2O. The lowest BCUT2D eigenvalue weighted by Gasteiger charge is -2.30. The average molecular weight is 248 g/mol. The van der Waals surface area contributed by atoms with Crippen molar-refractivity contribution in [2.75, 3.05) is 26.7 Å². The Morgan fingerprint density at radius 3 is 3.06 bits per heavy atom. The minimum absolute atomic E-state index is 0.296. The monoisotopic (exact) mass is 248 g/mol. The largest absolute Gasteiger partial charge is 0.508 e. The topological polar surface area (TPSA) is 35.5 Å². The summed E-state index contributed by atoms with van der Waals surface area (Å²) < 4.78 is 0. The molecule has 2 atom stereocenters. The van der Waals surface area contributed by atoms with E-state index in [2.05, 4.69) is 30.3 Å². The lowest BCUT2D eigenvalue weighted by molar-refractivity contribution is 0.203. The molecule has 1 aromatic carbocycles. The van der Waals surface area contributed by atoms with Crippen LogP contribution in [0.4, 0.5) is 0 Å². The molecule has 3 heteroatoms. The molecule has 2 rings (SSSR count). The van der Waals surface area contributed by atoms with Gasteiger partial charge in [0.25, 0.3) is 0 Å². The fourth-order valence-electron chi connectivity index (χ4n) is 2.70. The first kappa shape index (κ1) is 13.4. The molecule has 3 nitrogen and oxygen atoms in total. The second-order valence-electron chi connectivity index (χ2n) is 5.50. The van der Waals surface area contributed by atoms with Crippen molar-refractivity contribution in [1.82, 2.24) is 10.2 Å². The molecule has 1 aliphatic heterocycles. The summed E-state index contributed by atoms with van der Waals surface area (Å²) in [7, 11) is 2.20. The Morgan fingerprint density at radius 1 is 1.50 bits per heavy atom. The minimum Gasteiger partial charge on any atom is -0.508 e. The summed E-state index contributed by atoms with van der Waals surface area (Å²) in [5, 5.41) is 13.1. The second-order valence-corrected chi connectivity index (χ2v) is 5.50. The predicted molar refractivity (Wildman–Crippen MR) is 74.7 cm³/mol. The van der Waals surface area contributed by atoms with Crippen LogP contribution in [0, 0.1) is 5.92 Å². The standard InChI is InChI=1S/C15H24N2O/c1-12(14-6-3-7-15(18)9-14)16-10-13-5-4-8-17(2)11-13/h3,6-7,9,12-13,16,18H,4-5,8,10-11H2,1-2H3. The Hall–Kier alpha value is -1.06. The zero-order valence-electron chi connectivity index (χ0n) is 11.4. The highest BCUT2D eigenvalue weighted by molar-refractivity contribution is 5.28. The van der Waals surface area contributed by atoms with Crippen LogP contribution in [0.5, 0.6) is 5.75 Å². The summed E-state index contributed by atoms with van der Waals surface area (Å²) in [5.41, 5.74) is 1.15. The van der Waals surface area contributed by atoms with E-state index in [1.807, 2.05) is 12.1 Å². The van der Waals surface area contributed by atoms with Crippen LogP contribution in [0.2, 0.25) is 0 Å². The van der Waals surface area contributed by atoms with E-state index in [0.29, 0.717) is 11.8 Å². The van der Waals surface area contributed by atoms with Gasteiger partial charge in [-0.05, 0) is 63.5 Å². The molecule has 1 aliphatic rings. The van der Waals surface area contributed by atoms with Crippen molar-refractivity contribution in [3.8, 4) is 5.75 Å². The highest BCUT2D eigenvalue weighted by atomic mass is 16.3. The van der Waals surface area contributed by atoms with Gasteiger partial charge in [-0.2, -0.15) is 0 Å². The van der Waals surface area contributed by atoms with Crippen LogP contribution in [-0.2, 0) is 0 Å². The van der Waals surface area contributed by atoms with Crippen molar-refractivity contribution in [3.63, 3.8) is 0 Å². The number of phenols is 1. The molecule has 100 valence electrons. The van der Waals surface area contributed by atoms with E-state index in [4.69, 9.17) is 0 Å². The molecule has 0 saturated carbocycles. The minimum atomic E-state index is 0.296. The number of hydrogen-bond acceptors (Lipinski definition) is 3. The summed E-state index contributed by atoms with van der Waals surface area (Å²) in [6.07, 6.45) is 2.63. The zero-order chi connectivity index (χ0) is 13.0. The lowest BCUT2D eigenvalue weighted by atomic mass is 9.97. The smallest absolute Gasteiger partial charge is 0.115 e. The van der Waals surface area contributed by atoms with Gasteiger partial charge in [-0.25, -0.2) is 0 Å². The van der Waals surface area contributed by atoms with Gasteiger partial charge in [0, 0.05) is 12.6 Å². The Labute approximate surface area is 110 Å². The van der Waals surface area contributed by atoms with Gasteiger partial charge in [0.1, 0.15) is 5.75 Å². The quantitative estimate of drug-likeness (QED) is 0.859. The summed E-state index contributed by atoms with van der Waals surface area (Å²) >= 11 is 0. The predicted octanol–water partition coefficient (Wildman–Crippen LogP) is 2.38. The van der Waals surface area contributed by atoms with Crippen LogP contribution in [0.1, 0.15) is 31.4 Å². The van der Waals surface area contributed by atoms with Crippen molar-refractivity contribution in [2.45, 2.75) is 25.8 Å².